The van der Waals surface area contributed by atoms with Gasteiger partial charge in [0.25, 0.3) is 0 Å². The maximum Gasteiger partial charge on any atom is 0.308 e. The monoisotopic (exact) mass is 864 g/mol. The third-order valence-corrected chi connectivity index (χ3v) is 12.5. The van der Waals surface area contributed by atoms with E-state index in [1.54, 1.807) is 0 Å². The third kappa shape index (κ3) is 34.0. The van der Waals surface area contributed by atoms with Crippen molar-refractivity contribution in [2.45, 2.75) is 259 Å². The van der Waals surface area contributed by atoms with Crippen LogP contribution in [0.25, 0.3) is 0 Å². The molecule has 1 rings (SSSR count). The molecule has 0 aromatic rings. The van der Waals surface area contributed by atoms with Gasteiger partial charge in [-0.1, -0.05) is 163 Å². The first-order valence-electron chi connectivity index (χ1n) is 26.2. The van der Waals surface area contributed by atoms with E-state index in [2.05, 4.69) is 32.6 Å². The summed E-state index contributed by atoms with van der Waals surface area (Å²) >= 11 is 0. The SMILES string of the molecule is CCCCCCCCC(CCCCCC)C(=O)OCCCCCC(=O)OCC(CN1CCCCC1)OC(=O)CCCCCOC(=O)[C@@H](CCCCCC)CCCCCCCC. The number of rotatable bonds is 43. The molecule has 0 saturated carbocycles. The minimum Gasteiger partial charge on any atom is -0.465 e. The fraction of sp³-hybridized carbons (Fsp3) is 0.923. The van der Waals surface area contributed by atoms with Crippen molar-refractivity contribution in [2.75, 3.05) is 39.5 Å². The summed E-state index contributed by atoms with van der Waals surface area (Å²) in [6.07, 6.45) is 35.6. The maximum atomic E-state index is 13.0. The van der Waals surface area contributed by atoms with Gasteiger partial charge < -0.3 is 18.9 Å². The zero-order valence-electron chi connectivity index (χ0n) is 40.4. The number of carbonyl (C=O) groups is 4. The molecule has 0 amide bonds. The van der Waals surface area contributed by atoms with E-state index in [1.165, 1.54) is 109 Å². The molecule has 0 aliphatic carbocycles. The second-order valence-corrected chi connectivity index (χ2v) is 18.3. The highest BCUT2D eigenvalue weighted by atomic mass is 16.6. The highest BCUT2D eigenvalue weighted by Crippen LogP contribution is 2.23. The summed E-state index contributed by atoms with van der Waals surface area (Å²) in [5.74, 6) is -0.643. The van der Waals surface area contributed by atoms with Crippen molar-refractivity contribution in [3.8, 4) is 0 Å². The van der Waals surface area contributed by atoms with Gasteiger partial charge in [-0.2, -0.15) is 0 Å². The number of unbranched alkanes of at least 4 members (excludes halogenated alkanes) is 20. The Balaban J connectivity index is 2.41. The van der Waals surface area contributed by atoms with E-state index in [0.717, 1.165) is 103 Å². The normalized spacial score (nSPS) is 14.6. The summed E-state index contributed by atoms with van der Waals surface area (Å²) in [4.78, 5) is 53.9. The second kappa shape index (κ2) is 41.8. The number of esters is 4. The zero-order chi connectivity index (χ0) is 44.4. The highest BCUT2D eigenvalue weighted by molar-refractivity contribution is 5.73. The molecular weight excluding hydrogens is 767 g/mol. The van der Waals surface area contributed by atoms with Crippen molar-refractivity contribution >= 4 is 23.9 Å². The van der Waals surface area contributed by atoms with E-state index in [9.17, 15) is 19.2 Å². The lowest BCUT2D eigenvalue weighted by atomic mass is 9.94. The molecule has 3 atom stereocenters. The standard InChI is InChI=1S/C52H97NO8/c1-5-9-13-17-19-26-36-46(34-24-15-11-7-3)51(56)58-42-32-21-28-38-49(54)60-45-48(44-53-40-30-23-31-41-53)61-50(55)39-29-22-33-43-59-52(57)47(35-25-16-12-8-4)37-27-20-18-14-10-6-2/h46-48H,5-45H2,1-4H3/t46?,47-,48?/m0/s1. The predicted molar refractivity (Wildman–Crippen MR) is 250 cm³/mol. The number of carbonyl (C=O) groups excluding carboxylic acids is 4. The van der Waals surface area contributed by atoms with Crippen molar-refractivity contribution in [1.82, 2.24) is 4.90 Å². The molecule has 1 aliphatic heterocycles. The molecule has 0 aromatic heterocycles. The van der Waals surface area contributed by atoms with Crippen LogP contribution in [0.1, 0.15) is 252 Å². The lowest BCUT2D eigenvalue weighted by Gasteiger charge is -2.30. The molecule has 0 radical (unpaired) electrons. The van der Waals surface area contributed by atoms with Gasteiger partial charge >= 0.3 is 23.9 Å². The third-order valence-electron chi connectivity index (χ3n) is 12.5. The van der Waals surface area contributed by atoms with E-state index in [-0.39, 0.29) is 42.3 Å². The molecule has 1 fully saturated rings. The highest BCUT2D eigenvalue weighted by Gasteiger charge is 2.23. The number of piperidine rings is 1. The number of nitrogens with zero attached hydrogens (tertiary/aromatic N) is 1. The largest absolute Gasteiger partial charge is 0.465 e. The van der Waals surface area contributed by atoms with Gasteiger partial charge in [0.15, 0.2) is 0 Å². The van der Waals surface area contributed by atoms with Gasteiger partial charge in [-0.05, 0) is 90.1 Å². The Labute approximate surface area is 375 Å². The molecule has 358 valence electrons. The van der Waals surface area contributed by atoms with Gasteiger partial charge in [-0.25, -0.2) is 0 Å². The molecule has 2 unspecified atom stereocenters. The molecule has 1 aliphatic rings. The Morgan fingerprint density at radius 1 is 0.426 bits per heavy atom. The lowest BCUT2D eigenvalue weighted by Crippen LogP contribution is -2.40. The first-order chi connectivity index (χ1) is 29.8. The Kier molecular flexibility index (Phi) is 39.0. The predicted octanol–water partition coefficient (Wildman–Crippen LogP) is 13.8. The van der Waals surface area contributed by atoms with E-state index in [0.29, 0.717) is 45.4 Å². The van der Waals surface area contributed by atoms with Crippen LogP contribution in [0.4, 0.5) is 0 Å². The van der Waals surface area contributed by atoms with E-state index >= 15 is 0 Å². The van der Waals surface area contributed by atoms with Gasteiger partial charge in [0.2, 0.25) is 0 Å². The van der Waals surface area contributed by atoms with Gasteiger partial charge in [0.1, 0.15) is 12.7 Å². The summed E-state index contributed by atoms with van der Waals surface area (Å²) in [6, 6.07) is 0. The van der Waals surface area contributed by atoms with Crippen LogP contribution in [0.2, 0.25) is 0 Å². The summed E-state index contributed by atoms with van der Waals surface area (Å²) in [5.41, 5.74) is 0. The number of hydrogen-bond acceptors (Lipinski definition) is 9. The van der Waals surface area contributed by atoms with Crippen molar-refractivity contribution in [2.24, 2.45) is 11.8 Å². The first kappa shape index (κ1) is 56.9. The smallest absolute Gasteiger partial charge is 0.308 e. The Bertz CT molecular complexity index is 1050. The molecule has 0 spiro atoms. The number of hydrogen-bond donors (Lipinski definition) is 0. The fourth-order valence-electron chi connectivity index (χ4n) is 8.47. The zero-order valence-corrected chi connectivity index (χ0v) is 40.4. The summed E-state index contributed by atoms with van der Waals surface area (Å²) in [7, 11) is 0. The fourth-order valence-corrected chi connectivity index (χ4v) is 8.47. The Morgan fingerprint density at radius 3 is 1.25 bits per heavy atom. The second-order valence-electron chi connectivity index (χ2n) is 18.3. The molecule has 9 nitrogen and oxygen atoms in total. The molecule has 1 heterocycles. The summed E-state index contributed by atoms with van der Waals surface area (Å²) in [5, 5.41) is 0. The first-order valence-corrected chi connectivity index (χ1v) is 26.2. The van der Waals surface area contributed by atoms with Crippen molar-refractivity contribution < 1.29 is 38.1 Å². The van der Waals surface area contributed by atoms with Crippen LogP contribution >= 0.6 is 0 Å². The average Bonchev–Trinajstić information content (AvgIpc) is 3.26. The number of likely N-dealkylation sites (tertiary alicyclic amines) is 1. The van der Waals surface area contributed by atoms with Gasteiger partial charge in [0, 0.05) is 19.4 Å². The van der Waals surface area contributed by atoms with E-state index in [1.807, 2.05) is 0 Å². The molecule has 0 N–H and O–H groups in total. The molecule has 0 bridgehead atoms. The summed E-state index contributed by atoms with van der Waals surface area (Å²) in [6.45, 7) is 12.2. The van der Waals surface area contributed by atoms with Crippen LogP contribution in [0.3, 0.4) is 0 Å². The minimum absolute atomic E-state index is 0.00251. The van der Waals surface area contributed by atoms with Crippen LogP contribution in [0.5, 0.6) is 0 Å². The average molecular weight is 864 g/mol. The van der Waals surface area contributed by atoms with Gasteiger partial charge in [-0.15, -0.1) is 0 Å². The van der Waals surface area contributed by atoms with Crippen molar-refractivity contribution in [3.05, 3.63) is 0 Å². The van der Waals surface area contributed by atoms with Crippen LogP contribution in [0, 0.1) is 11.8 Å². The van der Waals surface area contributed by atoms with Gasteiger partial charge in [-0.3, -0.25) is 24.1 Å². The topological polar surface area (TPSA) is 108 Å². The maximum absolute atomic E-state index is 13.0. The number of ether oxygens (including phenoxy) is 4. The molecule has 0 aromatic carbocycles. The van der Waals surface area contributed by atoms with Crippen LogP contribution in [-0.4, -0.2) is 74.3 Å². The lowest BCUT2D eigenvalue weighted by molar-refractivity contribution is -0.160. The van der Waals surface area contributed by atoms with Crippen molar-refractivity contribution in [3.63, 3.8) is 0 Å². The van der Waals surface area contributed by atoms with Gasteiger partial charge in [0.05, 0.1) is 25.0 Å². The molecule has 1 saturated heterocycles. The Hall–Kier alpha value is -2.16. The Morgan fingerprint density at radius 2 is 0.803 bits per heavy atom. The van der Waals surface area contributed by atoms with Crippen LogP contribution < -0.4 is 0 Å². The quantitative estimate of drug-likeness (QED) is 0.0336. The molecular formula is C52H97NO8. The molecule has 9 heteroatoms. The van der Waals surface area contributed by atoms with Crippen LogP contribution in [0.15, 0.2) is 0 Å². The van der Waals surface area contributed by atoms with E-state index < -0.39 is 6.10 Å². The van der Waals surface area contributed by atoms with E-state index in [4.69, 9.17) is 18.9 Å². The minimum atomic E-state index is -0.498. The molecule has 61 heavy (non-hydrogen) atoms. The van der Waals surface area contributed by atoms with Crippen LogP contribution in [-0.2, 0) is 38.1 Å². The summed E-state index contributed by atoms with van der Waals surface area (Å²) < 4.78 is 23.0. The van der Waals surface area contributed by atoms with Crippen molar-refractivity contribution in [1.29, 1.82) is 0 Å².